The number of nitrogens with zero attached hydrogens (tertiary/aromatic N) is 1. The molecule has 1 aromatic heterocycles. The van der Waals surface area contributed by atoms with Crippen molar-refractivity contribution in [2.45, 2.75) is 38.3 Å². The van der Waals surface area contributed by atoms with Gasteiger partial charge in [-0.2, -0.15) is 4.37 Å². The van der Waals surface area contributed by atoms with Crippen molar-refractivity contribution in [1.29, 1.82) is 0 Å². The van der Waals surface area contributed by atoms with Crippen LogP contribution in [0, 0.1) is 0 Å². The Bertz CT molecular complexity index is 445. The maximum atomic E-state index is 12.1. The minimum Gasteiger partial charge on any atom is -0.383 e. The number of nitrogen functional groups attached to an aromatic ring is 1. The molecule has 1 saturated carbocycles. The van der Waals surface area contributed by atoms with Gasteiger partial charge in [0, 0.05) is 13.2 Å². The van der Waals surface area contributed by atoms with Crippen LogP contribution in [0.1, 0.15) is 36.5 Å². The number of anilines is 2. The molecule has 4 N–H and O–H groups in total. The summed E-state index contributed by atoms with van der Waals surface area (Å²) in [7, 11) is 1.66. The van der Waals surface area contributed by atoms with E-state index in [2.05, 4.69) is 21.9 Å². The van der Waals surface area contributed by atoms with Gasteiger partial charge in [-0.1, -0.05) is 6.92 Å². The molecule has 7 heteroatoms. The maximum Gasteiger partial charge on any atom is 0.258 e. The molecule has 0 spiro atoms. The first-order chi connectivity index (χ1) is 9.15. The number of carbonyl (C=O) groups excluding carboxylic acids is 1. The first-order valence-electron chi connectivity index (χ1n) is 6.47. The van der Waals surface area contributed by atoms with E-state index in [4.69, 9.17) is 10.5 Å². The van der Waals surface area contributed by atoms with Crippen LogP contribution in [-0.4, -0.2) is 36.1 Å². The monoisotopic (exact) mass is 284 g/mol. The predicted octanol–water partition coefficient (Wildman–Crippen LogP) is 1.45. The summed E-state index contributed by atoms with van der Waals surface area (Å²) in [5.41, 5.74) is 6.26. The number of methoxy groups -OCH3 is 1. The zero-order chi connectivity index (χ0) is 13.8. The van der Waals surface area contributed by atoms with Gasteiger partial charge in [-0.15, -0.1) is 0 Å². The number of amides is 1. The minimum absolute atomic E-state index is 0.136. The molecule has 6 nitrogen and oxygen atoms in total. The molecule has 0 aliphatic heterocycles. The second-order valence-corrected chi connectivity index (χ2v) is 5.50. The Morgan fingerprint density at radius 1 is 1.63 bits per heavy atom. The number of carbonyl (C=O) groups is 1. The fourth-order valence-corrected chi connectivity index (χ4v) is 2.54. The van der Waals surface area contributed by atoms with Gasteiger partial charge in [0.1, 0.15) is 10.6 Å². The molecule has 1 atom stereocenters. The number of rotatable bonds is 7. The van der Waals surface area contributed by atoms with E-state index < -0.39 is 0 Å². The van der Waals surface area contributed by atoms with E-state index in [-0.39, 0.29) is 17.8 Å². The van der Waals surface area contributed by atoms with Gasteiger partial charge in [-0.05, 0) is 30.8 Å². The zero-order valence-corrected chi connectivity index (χ0v) is 12.0. The zero-order valence-electron chi connectivity index (χ0n) is 11.2. The maximum absolute atomic E-state index is 12.1. The average molecular weight is 284 g/mol. The number of ether oxygens (including phenoxy) is 1. The Morgan fingerprint density at radius 2 is 2.37 bits per heavy atom. The standard InChI is InChI=1S/C12H20N4O2S/c1-3-7(6-18-2)15-12-9(10(13)16-19-12)11(17)14-8-4-5-8/h7-8,15H,3-6H2,1-2H3,(H2,13,16)(H,14,17). The van der Waals surface area contributed by atoms with Gasteiger partial charge in [0.05, 0.1) is 12.6 Å². The summed E-state index contributed by atoms with van der Waals surface area (Å²) in [4.78, 5) is 12.1. The third kappa shape index (κ3) is 3.57. The Balaban J connectivity index is 2.09. The quantitative estimate of drug-likeness (QED) is 0.705. The molecule has 1 aliphatic carbocycles. The summed E-state index contributed by atoms with van der Waals surface area (Å²) in [5.74, 6) is 0.154. The Morgan fingerprint density at radius 3 is 2.95 bits per heavy atom. The molecule has 106 valence electrons. The van der Waals surface area contributed by atoms with Gasteiger partial charge in [0.15, 0.2) is 5.82 Å². The molecule has 1 unspecified atom stereocenters. The lowest BCUT2D eigenvalue weighted by Gasteiger charge is -2.16. The summed E-state index contributed by atoms with van der Waals surface area (Å²) in [5, 5.41) is 6.94. The van der Waals surface area contributed by atoms with Crippen molar-refractivity contribution < 1.29 is 9.53 Å². The lowest BCUT2D eigenvalue weighted by atomic mass is 10.2. The van der Waals surface area contributed by atoms with Gasteiger partial charge in [0.2, 0.25) is 0 Å². The van der Waals surface area contributed by atoms with Crippen molar-refractivity contribution >= 4 is 28.3 Å². The molecule has 0 aromatic carbocycles. The van der Waals surface area contributed by atoms with Gasteiger partial charge in [-0.25, -0.2) is 0 Å². The topological polar surface area (TPSA) is 89.3 Å². The number of hydrogen-bond acceptors (Lipinski definition) is 6. The fraction of sp³-hybridized carbons (Fsp3) is 0.667. The molecule has 1 aromatic rings. The van der Waals surface area contributed by atoms with E-state index in [1.165, 1.54) is 11.5 Å². The number of nitrogens with one attached hydrogen (secondary N) is 2. The average Bonchev–Trinajstić information content (AvgIpc) is 3.11. The number of aromatic nitrogens is 1. The molecule has 2 rings (SSSR count). The summed E-state index contributed by atoms with van der Waals surface area (Å²) < 4.78 is 9.21. The van der Waals surface area contributed by atoms with Crippen LogP contribution in [0.4, 0.5) is 10.8 Å². The van der Waals surface area contributed by atoms with E-state index in [0.717, 1.165) is 24.3 Å². The molecule has 0 bridgehead atoms. The fourth-order valence-electron chi connectivity index (χ4n) is 1.75. The Labute approximate surface area is 116 Å². The molecular formula is C12H20N4O2S. The van der Waals surface area contributed by atoms with E-state index in [9.17, 15) is 4.79 Å². The second-order valence-electron chi connectivity index (χ2n) is 4.72. The molecule has 19 heavy (non-hydrogen) atoms. The van der Waals surface area contributed by atoms with Crippen LogP contribution in [0.15, 0.2) is 0 Å². The van der Waals surface area contributed by atoms with Crippen molar-refractivity contribution in [3.63, 3.8) is 0 Å². The van der Waals surface area contributed by atoms with Crippen molar-refractivity contribution in [2.75, 3.05) is 24.8 Å². The highest BCUT2D eigenvalue weighted by Gasteiger charge is 2.27. The van der Waals surface area contributed by atoms with Crippen molar-refractivity contribution in [3.05, 3.63) is 5.56 Å². The largest absolute Gasteiger partial charge is 0.383 e. The summed E-state index contributed by atoms with van der Waals surface area (Å²) in [6.07, 6.45) is 3.00. The van der Waals surface area contributed by atoms with E-state index >= 15 is 0 Å². The van der Waals surface area contributed by atoms with Gasteiger partial charge < -0.3 is 21.1 Å². The van der Waals surface area contributed by atoms with Crippen LogP contribution < -0.4 is 16.4 Å². The third-order valence-corrected chi connectivity index (χ3v) is 3.85. The third-order valence-electron chi connectivity index (χ3n) is 3.05. The Kier molecular flexibility index (Phi) is 4.60. The highest BCUT2D eigenvalue weighted by Crippen LogP contribution is 2.29. The van der Waals surface area contributed by atoms with Crippen LogP contribution >= 0.6 is 11.5 Å². The van der Waals surface area contributed by atoms with E-state index in [1.54, 1.807) is 7.11 Å². The Hall–Kier alpha value is -1.34. The van der Waals surface area contributed by atoms with Crippen molar-refractivity contribution in [3.8, 4) is 0 Å². The molecule has 1 amide bonds. The van der Waals surface area contributed by atoms with Crippen molar-refractivity contribution in [2.24, 2.45) is 0 Å². The summed E-state index contributed by atoms with van der Waals surface area (Å²) >= 11 is 1.22. The van der Waals surface area contributed by atoms with Crippen LogP contribution in [-0.2, 0) is 4.74 Å². The predicted molar refractivity (Wildman–Crippen MR) is 76.6 cm³/mol. The first-order valence-corrected chi connectivity index (χ1v) is 7.24. The van der Waals surface area contributed by atoms with Gasteiger partial charge >= 0.3 is 0 Å². The van der Waals surface area contributed by atoms with Crippen LogP contribution in [0.5, 0.6) is 0 Å². The minimum atomic E-state index is -0.136. The highest BCUT2D eigenvalue weighted by atomic mass is 32.1. The van der Waals surface area contributed by atoms with Crippen molar-refractivity contribution in [1.82, 2.24) is 9.69 Å². The highest BCUT2D eigenvalue weighted by molar-refractivity contribution is 7.11. The van der Waals surface area contributed by atoms with Crippen LogP contribution in [0.3, 0.4) is 0 Å². The first kappa shape index (κ1) is 14.1. The molecule has 1 aliphatic rings. The van der Waals surface area contributed by atoms with Gasteiger partial charge in [0.25, 0.3) is 5.91 Å². The van der Waals surface area contributed by atoms with E-state index in [0.29, 0.717) is 18.2 Å². The van der Waals surface area contributed by atoms with Crippen LogP contribution in [0.2, 0.25) is 0 Å². The summed E-state index contributed by atoms with van der Waals surface area (Å²) in [6, 6.07) is 0.456. The van der Waals surface area contributed by atoms with Crippen LogP contribution in [0.25, 0.3) is 0 Å². The normalized spacial score (nSPS) is 16.1. The molecule has 1 fully saturated rings. The second kappa shape index (κ2) is 6.21. The smallest absolute Gasteiger partial charge is 0.258 e. The molecule has 0 radical (unpaired) electrons. The van der Waals surface area contributed by atoms with Gasteiger partial charge in [-0.3, -0.25) is 4.79 Å². The van der Waals surface area contributed by atoms with E-state index in [1.807, 2.05) is 0 Å². The lowest BCUT2D eigenvalue weighted by molar-refractivity contribution is 0.0953. The lowest BCUT2D eigenvalue weighted by Crippen LogP contribution is -2.28. The SMILES string of the molecule is CCC(COC)Nc1snc(N)c1C(=O)NC1CC1. The number of nitrogens with two attached hydrogens (primary N) is 1. The molecule has 0 saturated heterocycles. The number of hydrogen-bond donors (Lipinski definition) is 3. The molecular weight excluding hydrogens is 264 g/mol. The summed E-state index contributed by atoms with van der Waals surface area (Å²) in [6.45, 7) is 2.64. The molecule has 1 heterocycles.